The fourth-order valence-corrected chi connectivity index (χ4v) is 4.16. The van der Waals surface area contributed by atoms with Gasteiger partial charge in [0.05, 0.1) is 0 Å². The Labute approximate surface area is 236 Å². The molecule has 1 heterocycles. The van der Waals surface area contributed by atoms with Gasteiger partial charge in [-0.2, -0.15) is 13.2 Å². The SMILES string of the molecule is CS(=O)CCCCNC(=S)Oc1ccc2[nH]cc(C[C@H]([NH3+])C(=O)OCc3ccccc3)c2c1.O=C([O-])C(F)(F)F. The minimum absolute atomic E-state index is 0.234. The minimum Gasteiger partial charge on any atom is -0.542 e. The van der Waals surface area contributed by atoms with E-state index in [0.29, 0.717) is 29.6 Å². The molecule has 9 nitrogen and oxygen atoms in total. The molecule has 14 heteroatoms. The molecule has 218 valence electrons. The third-order valence-electron chi connectivity index (χ3n) is 5.33. The number of esters is 1. The lowest BCUT2D eigenvalue weighted by Gasteiger charge is -2.10. The van der Waals surface area contributed by atoms with Gasteiger partial charge in [0.15, 0.2) is 6.04 Å². The van der Waals surface area contributed by atoms with Gasteiger partial charge in [0.2, 0.25) is 0 Å². The Balaban J connectivity index is 0.000000708. The van der Waals surface area contributed by atoms with Crippen LogP contribution in [-0.2, 0) is 38.2 Å². The Morgan fingerprint density at radius 3 is 2.48 bits per heavy atom. The molecule has 40 heavy (non-hydrogen) atoms. The summed E-state index contributed by atoms with van der Waals surface area (Å²) in [5.74, 6) is -2.04. The highest BCUT2D eigenvalue weighted by Crippen LogP contribution is 2.25. The second-order valence-corrected chi connectivity index (χ2v) is 10.5. The van der Waals surface area contributed by atoms with Gasteiger partial charge in [-0.15, -0.1) is 0 Å². The number of unbranched alkanes of at least 4 members (excludes halogenated alkanes) is 1. The van der Waals surface area contributed by atoms with E-state index >= 15 is 0 Å². The van der Waals surface area contributed by atoms with Crippen molar-refractivity contribution in [1.82, 2.24) is 10.3 Å². The quantitative estimate of drug-likeness (QED) is 0.171. The summed E-state index contributed by atoms with van der Waals surface area (Å²) in [6.07, 6.45) is 0.577. The highest BCUT2D eigenvalue weighted by atomic mass is 32.2. The Morgan fingerprint density at radius 2 is 1.85 bits per heavy atom. The van der Waals surface area contributed by atoms with Crippen molar-refractivity contribution in [3.8, 4) is 5.75 Å². The van der Waals surface area contributed by atoms with Crippen LogP contribution in [0.2, 0.25) is 0 Å². The third-order valence-corrected chi connectivity index (χ3v) is 6.42. The number of aromatic nitrogens is 1. The lowest BCUT2D eigenvalue weighted by Crippen LogP contribution is -2.66. The number of halogens is 3. The van der Waals surface area contributed by atoms with Crippen molar-refractivity contribution in [2.75, 3.05) is 18.6 Å². The summed E-state index contributed by atoms with van der Waals surface area (Å²) in [6, 6.07) is 14.7. The largest absolute Gasteiger partial charge is 0.542 e. The van der Waals surface area contributed by atoms with E-state index in [1.54, 1.807) is 6.26 Å². The lowest BCUT2D eigenvalue weighted by atomic mass is 10.1. The van der Waals surface area contributed by atoms with Crippen LogP contribution in [0.3, 0.4) is 0 Å². The zero-order chi connectivity index (χ0) is 29.7. The van der Waals surface area contributed by atoms with Crippen LogP contribution in [0.15, 0.2) is 54.7 Å². The number of carboxylic acids is 1. The van der Waals surface area contributed by atoms with E-state index in [1.165, 1.54) is 0 Å². The number of H-pyrrole nitrogens is 1. The molecule has 0 amide bonds. The number of ether oxygens (including phenoxy) is 2. The van der Waals surface area contributed by atoms with E-state index in [2.05, 4.69) is 16.0 Å². The van der Waals surface area contributed by atoms with Gasteiger partial charge in [0.25, 0.3) is 5.17 Å². The number of alkyl halides is 3. The number of nitrogens with one attached hydrogen (secondary N) is 2. The molecule has 0 aliphatic carbocycles. The van der Waals surface area contributed by atoms with Gasteiger partial charge in [-0.05, 0) is 54.4 Å². The standard InChI is InChI=1S/C24H29N3O4S2.C2HF3O2/c1-33(29)12-6-5-11-26-24(32)31-19-9-10-22-20(14-19)18(15-27-22)13-21(25)23(28)30-16-17-7-3-2-4-8-17;3-2(4,5)1(6)7/h2-4,7-10,14-15,21,27H,5-6,11-13,16,25H2,1H3,(H,26,32);(H,6,7)/t21-,33?;/m0./s1. The topological polar surface area (TPSA) is 148 Å². The first-order valence-corrected chi connectivity index (χ1v) is 14.2. The number of hydrogen-bond acceptors (Lipinski definition) is 7. The van der Waals surface area contributed by atoms with Gasteiger partial charge < -0.3 is 35.4 Å². The van der Waals surface area contributed by atoms with Crippen LogP contribution in [0.4, 0.5) is 13.2 Å². The number of hydrogen-bond donors (Lipinski definition) is 3. The van der Waals surface area contributed by atoms with Crippen molar-refractivity contribution >= 4 is 51.0 Å². The van der Waals surface area contributed by atoms with Crippen LogP contribution < -0.4 is 20.9 Å². The summed E-state index contributed by atoms with van der Waals surface area (Å²) < 4.78 is 53.8. The maximum absolute atomic E-state index is 12.4. The summed E-state index contributed by atoms with van der Waals surface area (Å²) >= 11 is 5.27. The van der Waals surface area contributed by atoms with Crippen LogP contribution in [-0.4, -0.2) is 57.1 Å². The Bertz CT molecular complexity index is 1300. The van der Waals surface area contributed by atoms with E-state index < -0.39 is 29.0 Å². The number of carbonyl (C=O) groups is 2. The van der Waals surface area contributed by atoms with Gasteiger partial charge in [-0.3, -0.25) is 4.21 Å². The van der Waals surface area contributed by atoms with Crippen molar-refractivity contribution < 1.29 is 47.3 Å². The van der Waals surface area contributed by atoms with Crippen LogP contribution >= 0.6 is 12.2 Å². The van der Waals surface area contributed by atoms with Crippen molar-refractivity contribution in [2.45, 2.75) is 38.1 Å². The Morgan fingerprint density at radius 1 is 1.18 bits per heavy atom. The van der Waals surface area contributed by atoms with Crippen molar-refractivity contribution in [3.63, 3.8) is 0 Å². The zero-order valence-electron chi connectivity index (χ0n) is 21.6. The molecule has 2 aromatic carbocycles. The Hall–Kier alpha value is -3.49. The summed E-state index contributed by atoms with van der Waals surface area (Å²) in [7, 11) is -0.769. The number of thiocarbonyl (C=S) groups is 1. The fourth-order valence-electron chi connectivity index (χ4n) is 3.35. The molecule has 0 aliphatic heterocycles. The van der Waals surface area contributed by atoms with Crippen LogP contribution in [0, 0.1) is 0 Å². The smallest absolute Gasteiger partial charge is 0.430 e. The second kappa shape index (κ2) is 15.9. The molecule has 0 aliphatic rings. The van der Waals surface area contributed by atoms with Gasteiger partial charge in [-0.1, -0.05) is 30.3 Å². The number of carboxylic acid groups (broad SMARTS) is 1. The monoisotopic (exact) mass is 601 g/mol. The molecule has 0 radical (unpaired) electrons. The number of quaternary nitrogens is 1. The molecule has 0 fully saturated rings. The van der Waals surface area contributed by atoms with Crippen LogP contribution in [0.5, 0.6) is 5.75 Å². The first-order valence-electron chi connectivity index (χ1n) is 12.0. The Kier molecular flexibility index (Phi) is 13.0. The van der Waals surface area contributed by atoms with Crippen LogP contribution in [0.25, 0.3) is 10.9 Å². The predicted molar refractivity (Wildman–Crippen MR) is 145 cm³/mol. The molecule has 0 saturated heterocycles. The van der Waals surface area contributed by atoms with E-state index in [4.69, 9.17) is 31.6 Å². The highest BCUT2D eigenvalue weighted by molar-refractivity contribution is 7.84. The van der Waals surface area contributed by atoms with Gasteiger partial charge in [-0.25, -0.2) is 4.79 Å². The molecule has 0 saturated carbocycles. The molecule has 3 rings (SSSR count). The number of carbonyl (C=O) groups excluding carboxylic acids is 2. The van der Waals surface area contributed by atoms with Gasteiger partial charge in [0.1, 0.15) is 18.3 Å². The molecule has 0 bridgehead atoms. The van der Waals surface area contributed by atoms with E-state index in [1.807, 2.05) is 54.7 Å². The fraction of sp³-hybridized carbons (Fsp3) is 0.346. The number of aliphatic carboxylic acids is 1. The van der Waals surface area contributed by atoms with E-state index in [9.17, 15) is 22.2 Å². The maximum Gasteiger partial charge on any atom is 0.430 e. The molecule has 1 aromatic heterocycles. The highest BCUT2D eigenvalue weighted by Gasteiger charge is 2.28. The molecule has 0 spiro atoms. The molecule has 5 N–H and O–H groups in total. The van der Waals surface area contributed by atoms with Gasteiger partial charge in [0, 0.05) is 52.9 Å². The van der Waals surface area contributed by atoms with Gasteiger partial charge >= 0.3 is 12.1 Å². The van der Waals surface area contributed by atoms with E-state index in [-0.39, 0.29) is 12.6 Å². The normalized spacial score (nSPS) is 12.5. The first-order chi connectivity index (χ1) is 18.9. The minimum atomic E-state index is -5.19. The van der Waals surface area contributed by atoms with Crippen molar-refractivity contribution in [2.24, 2.45) is 0 Å². The van der Waals surface area contributed by atoms with Crippen molar-refractivity contribution in [1.29, 1.82) is 0 Å². The summed E-state index contributed by atoms with van der Waals surface area (Å²) in [4.78, 5) is 24.4. The first kappa shape index (κ1) is 32.7. The van der Waals surface area contributed by atoms with E-state index in [0.717, 1.165) is 34.9 Å². The summed E-state index contributed by atoms with van der Waals surface area (Å²) in [6.45, 7) is 0.903. The average molecular weight is 602 g/mol. The predicted octanol–water partition coefficient (Wildman–Crippen LogP) is 1.77. The maximum atomic E-state index is 12.4. The van der Waals surface area contributed by atoms with Crippen LogP contribution in [0.1, 0.15) is 24.0 Å². The zero-order valence-corrected chi connectivity index (χ0v) is 23.3. The average Bonchev–Trinajstić information content (AvgIpc) is 3.29. The van der Waals surface area contributed by atoms with Crippen molar-refractivity contribution in [3.05, 3.63) is 65.9 Å². The number of rotatable bonds is 11. The summed E-state index contributed by atoms with van der Waals surface area (Å²) in [5.41, 5.74) is 6.83. The molecular weight excluding hydrogens is 571 g/mol. The summed E-state index contributed by atoms with van der Waals surface area (Å²) in [5, 5.41) is 13.1. The molecule has 1 unspecified atom stereocenters. The number of aromatic amines is 1. The third kappa shape index (κ3) is 11.7. The lowest BCUT2D eigenvalue weighted by molar-refractivity contribution is -0.408. The number of fused-ring (bicyclic) bond motifs is 1. The molecule has 3 aromatic rings. The molecule has 2 atom stereocenters. The number of benzene rings is 2. The molecular formula is C26H30F3N3O6S2. The second-order valence-electron chi connectivity index (χ2n) is 8.60.